The summed E-state index contributed by atoms with van der Waals surface area (Å²) in [6, 6.07) is 0. The highest BCUT2D eigenvalue weighted by Crippen LogP contribution is 1.79. The average molecular weight is 358 g/mol. The fourth-order valence-corrected chi connectivity index (χ4v) is 0.329. The first-order chi connectivity index (χ1) is 11.3. The summed E-state index contributed by atoms with van der Waals surface area (Å²) < 4.78 is 0. The van der Waals surface area contributed by atoms with Crippen LogP contribution < -0.4 is 34.0 Å². The van der Waals surface area contributed by atoms with Gasteiger partial charge >= 0.3 is 0 Å². The van der Waals surface area contributed by atoms with Crippen LogP contribution in [0.25, 0.3) is 0 Å². The van der Waals surface area contributed by atoms with E-state index in [-0.39, 0.29) is 0 Å². The topological polar surface area (TPSA) is 193 Å². The van der Waals surface area contributed by atoms with Crippen LogP contribution in [0.1, 0.15) is 20.8 Å². The summed E-state index contributed by atoms with van der Waals surface area (Å²) in [6.45, 7) is 17.7. The van der Waals surface area contributed by atoms with Gasteiger partial charge in [-0.15, -0.1) is 0 Å². The number of carbonyl (C=O) groups is 3. The molecule has 0 aromatic carbocycles. The lowest BCUT2D eigenvalue weighted by molar-refractivity contribution is -0.115. The van der Waals surface area contributed by atoms with Crippen molar-refractivity contribution < 1.29 is 14.4 Å². The Balaban J connectivity index is -0.000000118. The summed E-state index contributed by atoms with van der Waals surface area (Å²) in [4.78, 5) is 29.5. The van der Waals surface area contributed by atoms with Crippen molar-refractivity contribution in [3.63, 3.8) is 0 Å². The molecule has 0 fully saturated rings. The van der Waals surface area contributed by atoms with E-state index in [1.807, 2.05) is 0 Å². The van der Waals surface area contributed by atoms with E-state index in [2.05, 4.69) is 25.1 Å². The van der Waals surface area contributed by atoms with Crippen LogP contribution in [0.4, 0.5) is 0 Å². The highest BCUT2D eigenvalue weighted by Gasteiger charge is 1.87. The van der Waals surface area contributed by atoms with E-state index in [0.717, 1.165) is 13.1 Å². The molecule has 11 N–H and O–H groups in total. The molecule has 0 bridgehead atoms. The van der Waals surface area contributed by atoms with Gasteiger partial charge in [0, 0.05) is 42.9 Å². The molecule has 9 nitrogen and oxygen atoms in total. The largest absolute Gasteiger partial charge is 0.366 e. The van der Waals surface area contributed by atoms with E-state index in [4.69, 9.17) is 28.7 Å². The summed E-state index contributed by atoms with van der Waals surface area (Å²) in [5.74, 6) is -1.31. The van der Waals surface area contributed by atoms with Crippen molar-refractivity contribution >= 4 is 17.7 Å². The molecule has 25 heavy (non-hydrogen) atoms. The fourth-order valence-electron chi connectivity index (χ4n) is 0.329. The maximum atomic E-state index is 9.82. The number of nitrogens with one attached hydrogen (secondary N) is 1. The third-order valence-corrected chi connectivity index (χ3v) is 1.90. The lowest BCUT2D eigenvalue weighted by Gasteiger charge is -1.95. The molecule has 3 amide bonds. The van der Waals surface area contributed by atoms with Crippen LogP contribution in [0, 0.1) is 0 Å². The molecule has 0 aliphatic carbocycles. The van der Waals surface area contributed by atoms with Gasteiger partial charge in [0.15, 0.2) is 0 Å². The van der Waals surface area contributed by atoms with Gasteiger partial charge < -0.3 is 34.0 Å². The SMILES string of the molecule is C=C(C)C(N)=O.C=C(C)C(N)=O.C=C(C)C(N)=O.NCCNCCN. The van der Waals surface area contributed by atoms with Crippen molar-refractivity contribution in [2.75, 3.05) is 26.2 Å². The lowest BCUT2D eigenvalue weighted by Crippen LogP contribution is -2.27. The van der Waals surface area contributed by atoms with Gasteiger partial charge in [0.2, 0.25) is 17.7 Å². The number of hydrogen-bond donors (Lipinski definition) is 6. The van der Waals surface area contributed by atoms with Crippen LogP contribution in [-0.2, 0) is 14.4 Å². The average Bonchev–Trinajstić information content (AvgIpc) is 2.49. The van der Waals surface area contributed by atoms with E-state index < -0.39 is 17.7 Å². The number of primary amides is 3. The van der Waals surface area contributed by atoms with E-state index in [9.17, 15) is 14.4 Å². The van der Waals surface area contributed by atoms with Crippen molar-refractivity contribution in [1.29, 1.82) is 0 Å². The van der Waals surface area contributed by atoms with E-state index in [0.29, 0.717) is 29.8 Å². The maximum Gasteiger partial charge on any atom is 0.243 e. The Labute approximate surface area is 150 Å². The van der Waals surface area contributed by atoms with Crippen LogP contribution in [0.3, 0.4) is 0 Å². The van der Waals surface area contributed by atoms with Gasteiger partial charge in [-0.2, -0.15) is 0 Å². The molecule has 0 rings (SSSR count). The Kier molecular flexibility index (Phi) is 26.2. The molecule has 0 spiro atoms. The van der Waals surface area contributed by atoms with E-state index in [1.54, 1.807) is 20.8 Å². The Morgan fingerprint density at radius 3 is 0.920 bits per heavy atom. The number of rotatable bonds is 7. The molecule has 0 unspecified atom stereocenters. The third-order valence-electron chi connectivity index (χ3n) is 1.90. The Morgan fingerprint density at radius 1 is 0.680 bits per heavy atom. The van der Waals surface area contributed by atoms with Crippen LogP contribution in [-0.4, -0.2) is 43.9 Å². The predicted octanol–water partition coefficient (Wildman–Crippen LogP) is -1.36. The number of amides is 3. The molecule has 146 valence electrons. The highest BCUT2D eigenvalue weighted by atomic mass is 16.1. The first kappa shape index (κ1) is 30.4. The minimum absolute atomic E-state index is 0.398. The van der Waals surface area contributed by atoms with Crippen LogP contribution in [0.2, 0.25) is 0 Å². The molecule has 0 aromatic heterocycles. The van der Waals surface area contributed by atoms with Crippen molar-refractivity contribution in [2.24, 2.45) is 28.7 Å². The molecule has 0 aromatic rings. The van der Waals surface area contributed by atoms with Gasteiger partial charge in [0.1, 0.15) is 0 Å². The van der Waals surface area contributed by atoms with Crippen LogP contribution >= 0.6 is 0 Å². The first-order valence-corrected chi connectivity index (χ1v) is 7.31. The smallest absolute Gasteiger partial charge is 0.243 e. The van der Waals surface area contributed by atoms with E-state index >= 15 is 0 Å². The Morgan fingerprint density at radius 2 is 0.840 bits per heavy atom. The van der Waals surface area contributed by atoms with Crippen LogP contribution in [0.15, 0.2) is 36.5 Å². The van der Waals surface area contributed by atoms with Crippen LogP contribution in [0.5, 0.6) is 0 Å². The van der Waals surface area contributed by atoms with Gasteiger partial charge in [0.25, 0.3) is 0 Å². The molecule has 0 heterocycles. The summed E-state index contributed by atoms with van der Waals surface area (Å²) in [6.07, 6.45) is 0. The molecule has 0 atom stereocenters. The minimum atomic E-state index is -0.435. The quantitative estimate of drug-likeness (QED) is 0.240. The molecule has 0 aliphatic rings. The predicted molar refractivity (Wildman–Crippen MR) is 103 cm³/mol. The van der Waals surface area contributed by atoms with Crippen molar-refractivity contribution in [3.8, 4) is 0 Å². The summed E-state index contributed by atoms with van der Waals surface area (Å²) in [5.41, 5.74) is 25.6. The molecular formula is C16H34N6O3. The Hall–Kier alpha value is -2.49. The fraction of sp³-hybridized carbons (Fsp3) is 0.438. The molecule has 9 heteroatoms. The lowest BCUT2D eigenvalue weighted by atomic mass is 10.3. The monoisotopic (exact) mass is 358 g/mol. The first-order valence-electron chi connectivity index (χ1n) is 7.31. The molecule has 0 saturated carbocycles. The zero-order valence-electron chi connectivity index (χ0n) is 15.6. The second-order valence-electron chi connectivity index (χ2n) is 4.76. The van der Waals surface area contributed by atoms with Gasteiger partial charge in [0.05, 0.1) is 0 Å². The second kappa shape index (κ2) is 21.5. The maximum absolute atomic E-state index is 9.82. The number of hydrogen-bond acceptors (Lipinski definition) is 6. The zero-order valence-corrected chi connectivity index (χ0v) is 15.6. The number of nitrogens with two attached hydrogens (primary N) is 5. The Bertz CT molecular complexity index is 350. The van der Waals surface area contributed by atoms with Crippen molar-refractivity contribution in [1.82, 2.24) is 5.32 Å². The molecule has 0 saturated heterocycles. The van der Waals surface area contributed by atoms with Gasteiger partial charge in [-0.1, -0.05) is 19.7 Å². The zero-order chi connectivity index (χ0) is 21.0. The van der Waals surface area contributed by atoms with Gasteiger partial charge in [-0.3, -0.25) is 14.4 Å². The normalized spacial score (nSPS) is 8.04. The summed E-state index contributed by atoms with van der Waals surface area (Å²) >= 11 is 0. The minimum Gasteiger partial charge on any atom is -0.366 e. The van der Waals surface area contributed by atoms with Gasteiger partial charge in [-0.25, -0.2) is 0 Å². The van der Waals surface area contributed by atoms with Gasteiger partial charge in [-0.05, 0) is 20.8 Å². The second-order valence-corrected chi connectivity index (χ2v) is 4.76. The molecule has 0 aliphatic heterocycles. The van der Waals surface area contributed by atoms with Crippen molar-refractivity contribution in [3.05, 3.63) is 36.5 Å². The highest BCUT2D eigenvalue weighted by molar-refractivity contribution is 5.91. The van der Waals surface area contributed by atoms with E-state index in [1.165, 1.54) is 0 Å². The summed E-state index contributed by atoms with van der Waals surface area (Å²) in [7, 11) is 0. The third kappa shape index (κ3) is 44.9. The number of carbonyl (C=O) groups excluding carboxylic acids is 3. The molecule has 0 radical (unpaired) electrons. The van der Waals surface area contributed by atoms with Crippen molar-refractivity contribution in [2.45, 2.75) is 20.8 Å². The molecular weight excluding hydrogens is 324 g/mol. The summed E-state index contributed by atoms with van der Waals surface area (Å²) in [5, 5.41) is 3.03. The standard InChI is InChI=1S/C4H13N3.3C4H7NO/c5-1-3-7-4-2-6;3*1-3(2)4(5)6/h7H,1-6H2;3*1H2,2H3,(H2,5,6).